The van der Waals surface area contributed by atoms with Gasteiger partial charge in [-0.15, -0.1) is 0 Å². The van der Waals surface area contributed by atoms with Crippen molar-refractivity contribution in [2.45, 2.75) is 31.9 Å². The predicted octanol–water partition coefficient (Wildman–Crippen LogP) is 1.34. The third kappa shape index (κ3) is 3.64. The fourth-order valence-corrected chi connectivity index (χ4v) is 4.97. The topological polar surface area (TPSA) is 62.7 Å². The molecule has 1 aromatic rings. The Morgan fingerprint density at radius 3 is 2.71 bits per heavy atom. The lowest BCUT2D eigenvalue weighted by atomic mass is 9.77. The molecular formula is C17H27N3O3S. The van der Waals surface area contributed by atoms with Gasteiger partial charge < -0.3 is 4.74 Å². The van der Waals surface area contributed by atoms with Crippen LogP contribution in [0.15, 0.2) is 24.5 Å². The highest BCUT2D eigenvalue weighted by molar-refractivity contribution is 7.89. The van der Waals surface area contributed by atoms with Crippen molar-refractivity contribution in [1.29, 1.82) is 0 Å². The second-order valence-corrected chi connectivity index (χ2v) is 9.30. The van der Waals surface area contributed by atoms with E-state index in [-0.39, 0.29) is 11.3 Å². The van der Waals surface area contributed by atoms with Crippen molar-refractivity contribution in [2.75, 3.05) is 39.0 Å². The SMILES string of the molecule is CCS(=O)(=O)N1CC2(C[C@@H](COCc3ccncc3)CCN2C)C1. The molecule has 24 heavy (non-hydrogen) atoms. The predicted molar refractivity (Wildman–Crippen MR) is 93.0 cm³/mol. The van der Waals surface area contributed by atoms with Crippen LogP contribution < -0.4 is 0 Å². The van der Waals surface area contributed by atoms with E-state index in [1.807, 2.05) is 12.1 Å². The molecular weight excluding hydrogens is 326 g/mol. The molecule has 7 heteroatoms. The van der Waals surface area contributed by atoms with Gasteiger partial charge in [-0.3, -0.25) is 9.88 Å². The molecule has 2 fully saturated rings. The summed E-state index contributed by atoms with van der Waals surface area (Å²) in [4.78, 5) is 6.35. The van der Waals surface area contributed by atoms with E-state index in [9.17, 15) is 8.42 Å². The Bertz CT molecular complexity index is 644. The number of rotatable bonds is 6. The van der Waals surface area contributed by atoms with Crippen LogP contribution in [0, 0.1) is 5.92 Å². The summed E-state index contributed by atoms with van der Waals surface area (Å²) in [6, 6.07) is 3.94. The minimum atomic E-state index is -3.06. The summed E-state index contributed by atoms with van der Waals surface area (Å²) in [5, 5.41) is 0. The van der Waals surface area contributed by atoms with E-state index >= 15 is 0 Å². The molecule has 2 aliphatic heterocycles. The Morgan fingerprint density at radius 1 is 1.33 bits per heavy atom. The molecule has 6 nitrogen and oxygen atoms in total. The van der Waals surface area contributed by atoms with E-state index in [4.69, 9.17) is 4.74 Å². The molecule has 1 spiro atoms. The van der Waals surface area contributed by atoms with Crippen molar-refractivity contribution < 1.29 is 13.2 Å². The summed E-state index contributed by atoms with van der Waals surface area (Å²) in [6.07, 6.45) is 5.67. The van der Waals surface area contributed by atoms with Crippen LogP contribution in [0.3, 0.4) is 0 Å². The van der Waals surface area contributed by atoms with Gasteiger partial charge in [-0.25, -0.2) is 8.42 Å². The number of sulfonamides is 1. The van der Waals surface area contributed by atoms with Crippen LogP contribution in [0.1, 0.15) is 25.3 Å². The van der Waals surface area contributed by atoms with Crippen LogP contribution in [0.25, 0.3) is 0 Å². The van der Waals surface area contributed by atoms with E-state index < -0.39 is 10.0 Å². The standard InChI is InChI=1S/C17H27N3O3S/c1-3-24(21,22)20-13-17(14-20)10-16(6-9-19(17)2)12-23-11-15-4-7-18-8-5-15/h4-5,7-8,16H,3,6,9-14H2,1-2H3/t16-/m0/s1. The first kappa shape index (κ1) is 17.8. The summed E-state index contributed by atoms with van der Waals surface area (Å²) in [5.74, 6) is 0.681. The average Bonchev–Trinajstić information content (AvgIpc) is 2.55. The van der Waals surface area contributed by atoms with Gasteiger partial charge in [-0.05, 0) is 57.0 Å². The Kier molecular flexibility index (Phi) is 5.24. The third-order valence-corrected chi connectivity index (χ3v) is 7.20. The highest BCUT2D eigenvalue weighted by Gasteiger charge is 2.52. The van der Waals surface area contributed by atoms with Gasteiger partial charge in [0.15, 0.2) is 0 Å². The lowest BCUT2D eigenvalue weighted by molar-refractivity contribution is -0.0599. The average molecular weight is 353 g/mol. The van der Waals surface area contributed by atoms with Crippen LogP contribution in [0.5, 0.6) is 0 Å². The van der Waals surface area contributed by atoms with Crippen molar-refractivity contribution in [3.05, 3.63) is 30.1 Å². The Hall–Kier alpha value is -1.02. The maximum absolute atomic E-state index is 12.0. The van der Waals surface area contributed by atoms with Crippen molar-refractivity contribution in [1.82, 2.24) is 14.2 Å². The number of pyridine rings is 1. The molecule has 2 aliphatic rings. The number of likely N-dealkylation sites (tertiary alicyclic amines) is 1. The molecule has 1 atom stereocenters. The highest BCUT2D eigenvalue weighted by Crippen LogP contribution is 2.39. The van der Waals surface area contributed by atoms with Gasteiger partial charge in [0, 0.05) is 37.6 Å². The monoisotopic (exact) mass is 353 g/mol. The summed E-state index contributed by atoms with van der Waals surface area (Å²) in [6.45, 7) is 5.31. The number of aromatic nitrogens is 1. The number of hydrogen-bond donors (Lipinski definition) is 0. The molecule has 3 rings (SSSR count). The van der Waals surface area contributed by atoms with Crippen molar-refractivity contribution in [2.24, 2.45) is 5.92 Å². The summed E-state index contributed by atoms with van der Waals surface area (Å²) in [5.41, 5.74) is 1.14. The number of piperidine rings is 1. The zero-order chi connectivity index (χ0) is 17.2. The molecule has 0 bridgehead atoms. The fraction of sp³-hybridized carbons (Fsp3) is 0.706. The molecule has 0 aromatic carbocycles. The van der Waals surface area contributed by atoms with E-state index in [0.29, 0.717) is 25.6 Å². The Labute approximate surface area is 144 Å². The lowest BCUT2D eigenvalue weighted by Gasteiger charge is -2.57. The van der Waals surface area contributed by atoms with E-state index in [1.54, 1.807) is 23.6 Å². The molecule has 3 heterocycles. The summed E-state index contributed by atoms with van der Waals surface area (Å²) in [7, 11) is -0.946. The van der Waals surface area contributed by atoms with Crippen molar-refractivity contribution >= 4 is 10.0 Å². The number of nitrogens with zero attached hydrogens (tertiary/aromatic N) is 3. The number of likely N-dealkylation sites (N-methyl/N-ethyl adjacent to an activating group) is 1. The zero-order valence-electron chi connectivity index (χ0n) is 14.5. The van der Waals surface area contributed by atoms with Crippen LogP contribution in [0.4, 0.5) is 0 Å². The lowest BCUT2D eigenvalue weighted by Crippen LogP contribution is -2.72. The summed E-state index contributed by atoms with van der Waals surface area (Å²) >= 11 is 0. The van der Waals surface area contributed by atoms with E-state index in [0.717, 1.165) is 31.6 Å². The fourth-order valence-electron chi connectivity index (χ4n) is 3.73. The number of ether oxygens (including phenoxy) is 1. The quantitative estimate of drug-likeness (QED) is 0.772. The van der Waals surface area contributed by atoms with Gasteiger partial charge >= 0.3 is 0 Å². The first-order valence-corrected chi connectivity index (χ1v) is 10.2. The minimum absolute atomic E-state index is 0.00514. The smallest absolute Gasteiger partial charge is 0.213 e. The van der Waals surface area contributed by atoms with E-state index in [2.05, 4.69) is 16.9 Å². The highest BCUT2D eigenvalue weighted by atomic mass is 32.2. The molecule has 0 saturated carbocycles. The molecule has 0 amide bonds. The largest absolute Gasteiger partial charge is 0.376 e. The van der Waals surface area contributed by atoms with Gasteiger partial charge in [0.1, 0.15) is 0 Å². The molecule has 0 unspecified atom stereocenters. The molecule has 1 aromatic heterocycles. The Morgan fingerprint density at radius 2 is 2.04 bits per heavy atom. The van der Waals surface area contributed by atoms with E-state index in [1.165, 1.54) is 0 Å². The first-order chi connectivity index (χ1) is 11.5. The maximum Gasteiger partial charge on any atom is 0.213 e. The zero-order valence-corrected chi connectivity index (χ0v) is 15.3. The van der Waals surface area contributed by atoms with Crippen molar-refractivity contribution in [3.63, 3.8) is 0 Å². The van der Waals surface area contributed by atoms with Crippen LogP contribution in [-0.4, -0.2) is 67.2 Å². The Balaban J connectivity index is 1.51. The molecule has 2 saturated heterocycles. The van der Waals surface area contributed by atoms with Gasteiger partial charge in [-0.1, -0.05) is 0 Å². The minimum Gasteiger partial charge on any atom is -0.376 e. The van der Waals surface area contributed by atoms with Gasteiger partial charge in [0.2, 0.25) is 10.0 Å². The molecule has 0 aliphatic carbocycles. The normalized spacial score (nSPS) is 24.8. The van der Waals surface area contributed by atoms with Gasteiger partial charge in [-0.2, -0.15) is 4.31 Å². The molecule has 0 radical (unpaired) electrons. The maximum atomic E-state index is 12.0. The first-order valence-electron chi connectivity index (χ1n) is 8.61. The summed E-state index contributed by atoms with van der Waals surface area (Å²) < 4.78 is 31.5. The van der Waals surface area contributed by atoms with Crippen LogP contribution >= 0.6 is 0 Å². The number of hydrogen-bond acceptors (Lipinski definition) is 5. The van der Waals surface area contributed by atoms with Gasteiger partial charge in [0.25, 0.3) is 0 Å². The van der Waals surface area contributed by atoms with Crippen LogP contribution in [-0.2, 0) is 21.4 Å². The second-order valence-electron chi connectivity index (χ2n) is 7.04. The molecule has 134 valence electrons. The van der Waals surface area contributed by atoms with Crippen molar-refractivity contribution in [3.8, 4) is 0 Å². The van der Waals surface area contributed by atoms with Crippen LogP contribution in [0.2, 0.25) is 0 Å². The molecule has 0 N–H and O–H groups in total. The second kappa shape index (κ2) is 7.07. The van der Waals surface area contributed by atoms with Gasteiger partial charge in [0.05, 0.1) is 12.4 Å². The third-order valence-electron chi connectivity index (χ3n) is 5.42.